The third-order valence-electron chi connectivity index (χ3n) is 3.48. The lowest BCUT2D eigenvalue weighted by Gasteiger charge is -2.10. The number of nitrogens with one attached hydrogen (secondary N) is 1. The number of benzene rings is 2. The largest absolute Gasteiger partial charge is 0.496 e. The molecule has 126 valence electrons. The van der Waals surface area contributed by atoms with E-state index < -0.39 is 11.8 Å². The Bertz CT molecular complexity index is 914. The van der Waals surface area contributed by atoms with Gasteiger partial charge >= 0.3 is 5.97 Å². The Hall–Kier alpha value is -3.48. The number of ether oxygens (including phenoxy) is 1. The van der Waals surface area contributed by atoms with Crippen molar-refractivity contribution in [2.75, 3.05) is 12.4 Å². The van der Waals surface area contributed by atoms with Crippen molar-refractivity contribution in [2.24, 2.45) is 0 Å². The van der Waals surface area contributed by atoms with E-state index in [1.165, 1.54) is 31.4 Å². The van der Waals surface area contributed by atoms with Gasteiger partial charge in [0, 0.05) is 23.5 Å². The first kappa shape index (κ1) is 16.4. The predicted molar refractivity (Wildman–Crippen MR) is 90.7 cm³/mol. The number of carboxylic acid groups (broad SMARTS) is 1. The highest BCUT2D eigenvalue weighted by molar-refractivity contribution is 5.88. The molecule has 3 aromatic rings. The van der Waals surface area contributed by atoms with E-state index in [-0.39, 0.29) is 5.56 Å². The summed E-state index contributed by atoms with van der Waals surface area (Å²) >= 11 is 0. The molecule has 0 radical (unpaired) electrons. The summed E-state index contributed by atoms with van der Waals surface area (Å²) in [5, 5.41) is 11.9. The maximum atomic E-state index is 13.3. The highest BCUT2D eigenvalue weighted by Gasteiger charge is 2.10. The SMILES string of the molecule is COc1cc(F)ccc1-c1ccnc(Nc2ccc(C(=O)O)cc2)n1. The molecule has 0 atom stereocenters. The lowest BCUT2D eigenvalue weighted by Crippen LogP contribution is -2.00. The van der Waals surface area contributed by atoms with Gasteiger partial charge in [0.05, 0.1) is 18.4 Å². The van der Waals surface area contributed by atoms with Gasteiger partial charge in [-0.2, -0.15) is 0 Å². The Kier molecular flexibility index (Phi) is 4.56. The average molecular weight is 339 g/mol. The van der Waals surface area contributed by atoms with Crippen LogP contribution in [0.1, 0.15) is 10.4 Å². The number of carboxylic acids is 1. The van der Waals surface area contributed by atoms with E-state index in [1.54, 1.807) is 30.5 Å². The first-order valence-corrected chi connectivity index (χ1v) is 7.34. The molecule has 0 saturated heterocycles. The fourth-order valence-electron chi connectivity index (χ4n) is 2.27. The molecular formula is C18H14FN3O3. The van der Waals surface area contributed by atoms with Crippen LogP contribution >= 0.6 is 0 Å². The molecule has 3 rings (SSSR count). The first-order valence-electron chi connectivity index (χ1n) is 7.34. The molecule has 0 aliphatic carbocycles. The van der Waals surface area contributed by atoms with Gasteiger partial charge in [-0.05, 0) is 42.5 Å². The molecule has 1 aromatic heterocycles. The second-order valence-electron chi connectivity index (χ2n) is 5.12. The summed E-state index contributed by atoms with van der Waals surface area (Å²) in [6.45, 7) is 0. The number of halogens is 1. The summed E-state index contributed by atoms with van der Waals surface area (Å²) in [7, 11) is 1.46. The van der Waals surface area contributed by atoms with Crippen molar-refractivity contribution in [3.05, 3.63) is 66.1 Å². The molecular weight excluding hydrogens is 325 g/mol. The van der Waals surface area contributed by atoms with Crippen LogP contribution in [0.3, 0.4) is 0 Å². The zero-order valence-electron chi connectivity index (χ0n) is 13.2. The number of rotatable bonds is 5. The molecule has 1 heterocycles. The van der Waals surface area contributed by atoms with Crippen molar-refractivity contribution in [1.82, 2.24) is 9.97 Å². The molecule has 0 aliphatic heterocycles. The van der Waals surface area contributed by atoms with E-state index in [1.807, 2.05) is 0 Å². The van der Waals surface area contributed by atoms with Gasteiger partial charge in [0.2, 0.25) is 5.95 Å². The van der Waals surface area contributed by atoms with Crippen molar-refractivity contribution in [3.8, 4) is 17.0 Å². The van der Waals surface area contributed by atoms with E-state index in [0.717, 1.165) is 0 Å². The lowest BCUT2D eigenvalue weighted by atomic mass is 10.1. The van der Waals surface area contributed by atoms with Crippen LogP contribution in [0, 0.1) is 5.82 Å². The number of aromatic nitrogens is 2. The van der Waals surface area contributed by atoms with Crippen molar-refractivity contribution >= 4 is 17.6 Å². The number of carbonyl (C=O) groups is 1. The molecule has 0 saturated carbocycles. The van der Waals surface area contributed by atoms with Gasteiger partial charge in [-0.15, -0.1) is 0 Å². The number of hydrogen-bond donors (Lipinski definition) is 2. The number of nitrogens with zero attached hydrogens (tertiary/aromatic N) is 2. The van der Waals surface area contributed by atoms with Crippen molar-refractivity contribution in [3.63, 3.8) is 0 Å². The minimum atomic E-state index is -0.992. The number of anilines is 2. The Morgan fingerprint density at radius 2 is 1.92 bits per heavy atom. The van der Waals surface area contributed by atoms with E-state index in [2.05, 4.69) is 15.3 Å². The van der Waals surface area contributed by atoms with Crippen LogP contribution < -0.4 is 10.1 Å². The fourth-order valence-corrected chi connectivity index (χ4v) is 2.27. The van der Waals surface area contributed by atoms with Gasteiger partial charge in [-0.25, -0.2) is 19.2 Å². The monoisotopic (exact) mass is 339 g/mol. The maximum Gasteiger partial charge on any atom is 0.335 e. The second kappa shape index (κ2) is 6.96. The molecule has 0 bridgehead atoms. The van der Waals surface area contributed by atoms with Gasteiger partial charge in [-0.1, -0.05) is 0 Å². The highest BCUT2D eigenvalue weighted by Crippen LogP contribution is 2.29. The van der Waals surface area contributed by atoms with Gasteiger partial charge in [0.25, 0.3) is 0 Å². The van der Waals surface area contributed by atoms with Crippen molar-refractivity contribution in [2.45, 2.75) is 0 Å². The number of methoxy groups -OCH3 is 1. The third-order valence-corrected chi connectivity index (χ3v) is 3.48. The van der Waals surface area contributed by atoms with Gasteiger partial charge in [-0.3, -0.25) is 0 Å². The maximum absolute atomic E-state index is 13.3. The quantitative estimate of drug-likeness (QED) is 0.737. The van der Waals surface area contributed by atoms with Crippen LogP contribution in [0.15, 0.2) is 54.7 Å². The Balaban J connectivity index is 1.88. The van der Waals surface area contributed by atoms with E-state index in [4.69, 9.17) is 9.84 Å². The minimum absolute atomic E-state index is 0.191. The molecule has 0 fully saturated rings. The number of aromatic carboxylic acids is 1. The third kappa shape index (κ3) is 3.72. The summed E-state index contributed by atoms with van der Waals surface area (Å²) in [6, 6.07) is 12.1. The minimum Gasteiger partial charge on any atom is -0.496 e. The molecule has 2 aromatic carbocycles. The van der Waals surface area contributed by atoms with Crippen LogP contribution in [0.2, 0.25) is 0 Å². The molecule has 0 unspecified atom stereocenters. The van der Waals surface area contributed by atoms with E-state index in [0.29, 0.717) is 28.6 Å². The Labute approximate surface area is 142 Å². The van der Waals surface area contributed by atoms with Crippen LogP contribution in [0.4, 0.5) is 16.0 Å². The van der Waals surface area contributed by atoms with Crippen LogP contribution in [0.5, 0.6) is 5.75 Å². The van der Waals surface area contributed by atoms with Crippen molar-refractivity contribution < 1.29 is 19.0 Å². The van der Waals surface area contributed by atoms with Gasteiger partial charge in [0.1, 0.15) is 11.6 Å². The lowest BCUT2D eigenvalue weighted by molar-refractivity contribution is 0.0697. The summed E-state index contributed by atoms with van der Waals surface area (Å²) in [4.78, 5) is 19.4. The van der Waals surface area contributed by atoms with Gasteiger partial charge < -0.3 is 15.2 Å². The fraction of sp³-hybridized carbons (Fsp3) is 0.0556. The summed E-state index contributed by atoms with van der Waals surface area (Å²) in [5.41, 5.74) is 2.04. The first-order chi connectivity index (χ1) is 12.1. The molecule has 7 heteroatoms. The molecule has 6 nitrogen and oxygen atoms in total. The summed E-state index contributed by atoms with van der Waals surface area (Å²) in [6.07, 6.45) is 1.57. The zero-order valence-corrected chi connectivity index (χ0v) is 13.2. The van der Waals surface area contributed by atoms with Crippen LogP contribution in [-0.4, -0.2) is 28.2 Å². The molecule has 25 heavy (non-hydrogen) atoms. The molecule has 0 amide bonds. The smallest absolute Gasteiger partial charge is 0.335 e. The van der Waals surface area contributed by atoms with Crippen molar-refractivity contribution in [1.29, 1.82) is 0 Å². The molecule has 0 spiro atoms. The van der Waals surface area contributed by atoms with Gasteiger partial charge in [0.15, 0.2) is 0 Å². The normalized spacial score (nSPS) is 10.3. The standard InChI is InChI=1S/C18H14FN3O3/c1-25-16-10-12(19)4-7-14(16)15-8-9-20-18(22-15)21-13-5-2-11(3-6-13)17(23)24/h2-10H,1H3,(H,23,24)(H,20,21,22). The second-order valence-corrected chi connectivity index (χ2v) is 5.12. The van der Waals surface area contributed by atoms with Crippen LogP contribution in [-0.2, 0) is 0 Å². The Morgan fingerprint density at radius 1 is 1.16 bits per heavy atom. The number of hydrogen-bond acceptors (Lipinski definition) is 5. The van der Waals surface area contributed by atoms with E-state index >= 15 is 0 Å². The topological polar surface area (TPSA) is 84.3 Å². The highest BCUT2D eigenvalue weighted by atomic mass is 19.1. The van der Waals surface area contributed by atoms with Crippen LogP contribution in [0.25, 0.3) is 11.3 Å². The zero-order chi connectivity index (χ0) is 17.8. The average Bonchev–Trinajstić information content (AvgIpc) is 2.62. The molecule has 2 N–H and O–H groups in total. The predicted octanol–water partition coefficient (Wildman–Crippen LogP) is 3.73. The molecule has 0 aliphatic rings. The summed E-state index contributed by atoms with van der Waals surface area (Å²) in [5.74, 6) is -0.692. The Morgan fingerprint density at radius 3 is 2.60 bits per heavy atom. The summed E-state index contributed by atoms with van der Waals surface area (Å²) < 4.78 is 18.5. The van der Waals surface area contributed by atoms with E-state index in [9.17, 15) is 9.18 Å².